The van der Waals surface area contributed by atoms with E-state index < -0.39 is 0 Å². The summed E-state index contributed by atoms with van der Waals surface area (Å²) in [6.07, 6.45) is 7.57. The van der Waals surface area contributed by atoms with Crippen LogP contribution in [0.2, 0.25) is 5.15 Å². The first-order valence-corrected chi connectivity index (χ1v) is 7.80. The van der Waals surface area contributed by atoms with Gasteiger partial charge in [0.15, 0.2) is 0 Å². The molecule has 0 aliphatic carbocycles. The van der Waals surface area contributed by atoms with E-state index in [4.69, 9.17) is 11.6 Å². The molecule has 0 radical (unpaired) electrons. The summed E-state index contributed by atoms with van der Waals surface area (Å²) < 4.78 is 0. The van der Waals surface area contributed by atoms with Gasteiger partial charge in [0.2, 0.25) is 0 Å². The Morgan fingerprint density at radius 1 is 1.27 bits per heavy atom. The molecule has 3 aromatic heterocycles. The fraction of sp³-hybridized carbons (Fsp3) is 0.312. The third kappa shape index (κ3) is 2.52. The van der Waals surface area contributed by atoms with Gasteiger partial charge in [-0.2, -0.15) is 0 Å². The molecular weight excluding hydrogens is 298 g/mol. The predicted octanol–water partition coefficient (Wildman–Crippen LogP) is 3.08. The topological polar surface area (TPSA) is 57.7 Å². The number of nitrogens with one attached hydrogen (secondary N) is 1. The molecule has 112 valence electrons. The van der Waals surface area contributed by atoms with Crippen LogP contribution in [-0.4, -0.2) is 33.0 Å². The van der Waals surface area contributed by atoms with Gasteiger partial charge in [-0.05, 0) is 42.5 Å². The molecule has 1 fully saturated rings. The minimum Gasteiger partial charge on any atom is -0.356 e. The summed E-state index contributed by atoms with van der Waals surface area (Å²) in [5.74, 6) is 1.62. The van der Waals surface area contributed by atoms with Crippen molar-refractivity contribution in [1.29, 1.82) is 0 Å². The summed E-state index contributed by atoms with van der Waals surface area (Å²) in [6, 6.07) is 6.09. The molecule has 1 saturated heterocycles. The first-order valence-electron chi connectivity index (χ1n) is 7.42. The zero-order valence-corrected chi connectivity index (χ0v) is 12.8. The fourth-order valence-corrected chi connectivity index (χ4v) is 3.39. The normalized spacial score (nSPS) is 18.2. The first kappa shape index (κ1) is 13.5. The number of hydrogen-bond acceptors (Lipinski definition) is 4. The minimum absolute atomic E-state index is 0.601. The summed E-state index contributed by atoms with van der Waals surface area (Å²) in [5.41, 5.74) is 2.15. The van der Waals surface area contributed by atoms with Crippen molar-refractivity contribution in [3.8, 4) is 0 Å². The first-order chi connectivity index (χ1) is 10.8. The van der Waals surface area contributed by atoms with Gasteiger partial charge in [-0.3, -0.25) is 4.98 Å². The molecule has 1 aliphatic heterocycles. The van der Waals surface area contributed by atoms with Crippen LogP contribution < -0.4 is 4.90 Å². The number of H-pyrrole nitrogens is 1. The van der Waals surface area contributed by atoms with Crippen molar-refractivity contribution in [2.75, 3.05) is 18.0 Å². The summed E-state index contributed by atoms with van der Waals surface area (Å²) >= 11 is 6.05. The maximum atomic E-state index is 6.05. The third-order valence-electron chi connectivity index (χ3n) is 4.23. The molecular formula is C16H16ClN5. The van der Waals surface area contributed by atoms with E-state index in [1.165, 1.54) is 12.0 Å². The third-order valence-corrected chi connectivity index (χ3v) is 4.43. The lowest BCUT2D eigenvalue weighted by Crippen LogP contribution is -2.21. The number of hydrogen-bond donors (Lipinski definition) is 1. The highest BCUT2D eigenvalue weighted by Gasteiger charge is 2.25. The van der Waals surface area contributed by atoms with E-state index in [1.54, 1.807) is 6.33 Å². The van der Waals surface area contributed by atoms with E-state index >= 15 is 0 Å². The van der Waals surface area contributed by atoms with E-state index in [-0.39, 0.29) is 0 Å². The average molecular weight is 314 g/mol. The van der Waals surface area contributed by atoms with Gasteiger partial charge in [-0.1, -0.05) is 11.6 Å². The van der Waals surface area contributed by atoms with Crippen LogP contribution in [0.15, 0.2) is 36.9 Å². The van der Waals surface area contributed by atoms with Crippen molar-refractivity contribution >= 4 is 28.5 Å². The second-order valence-corrected chi connectivity index (χ2v) is 6.14. The van der Waals surface area contributed by atoms with Gasteiger partial charge in [0.05, 0.1) is 5.39 Å². The number of rotatable bonds is 3. The molecule has 1 aliphatic rings. The van der Waals surface area contributed by atoms with Gasteiger partial charge in [0, 0.05) is 25.5 Å². The molecule has 4 rings (SSSR count). The van der Waals surface area contributed by atoms with Gasteiger partial charge in [0.25, 0.3) is 0 Å². The van der Waals surface area contributed by atoms with E-state index in [0.29, 0.717) is 11.1 Å². The van der Waals surface area contributed by atoms with Crippen molar-refractivity contribution in [2.45, 2.75) is 12.8 Å². The van der Waals surface area contributed by atoms with E-state index in [2.05, 4.69) is 37.0 Å². The van der Waals surface area contributed by atoms with Crippen LogP contribution in [0.4, 0.5) is 5.82 Å². The second-order valence-electron chi connectivity index (χ2n) is 5.74. The Morgan fingerprint density at radius 2 is 2.14 bits per heavy atom. The lowest BCUT2D eigenvalue weighted by Gasteiger charge is -2.18. The van der Waals surface area contributed by atoms with Crippen molar-refractivity contribution in [3.05, 3.63) is 47.6 Å². The maximum Gasteiger partial charge on any atom is 0.144 e. The molecule has 0 saturated carbocycles. The summed E-state index contributed by atoms with van der Waals surface area (Å²) in [4.78, 5) is 18.2. The van der Waals surface area contributed by atoms with Crippen LogP contribution in [-0.2, 0) is 6.42 Å². The lowest BCUT2D eigenvalue weighted by atomic mass is 10.00. The molecule has 1 unspecified atom stereocenters. The molecule has 22 heavy (non-hydrogen) atoms. The average Bonchev–Trinajstić information content (AvgIpc) is 3.13. The Kier molecular flexibility index (Phi) is 3.42. The second kappa shape index (κ2) is 5.57. The van der Waals surface area contributed by atoms with Crippen LogP contribution in [0, 0.1) is 5.92 Å². The highest BCUT2D eigenvalue weighted by molar-refractivity contribution is 6.30. The molecule has 0 amide bonds. The highest BCUT2D eigenvalue weighted by Crippen LogP contribution is 2.30. The van der Waals surface area contributed by atoms with Gasteiger partial charge in [-0.25, -0.2) is 9.97 Å². The van der Waals surface area contributed by atoms with Gasteiger partial charge < -0.3 is 9.88 Å². The van der Waals surface area contributed by atoms with Gasteiger partial charge >= 0.3 is 0 Å². The maximum absolute atomic E-state index is 6.05. The predicted molar refractivity (Wildman–Crippen MR) is 87.2 cm³/mol. The molecule has 1 N–H and O–H groups in total. The Morgan fingerprint density at radius 3 is 3.00 bits per heavy atom. The van der Waals surface area contributed by atoms with E-state index in [1.807, 2.05) is 18.5 Å². The fourth-order valence-electron chi connectivity index (χ4n) is 3.19. The quantitative estimate of drug-likeness (QED) is 0.807. The van der Waals surface area contributed by atoms with Crippen LogP contribution in [0.1, 0.15) is 12.0 Å². The molecule has 4 heterocycles. The number of pyridine rings is 1. The molecule has 0 aromatic carbocycles. The number of nitrogens with zero attached hydrogens (tertiary/aromatic N) is 4. The number of halogens is 1. The smallest absolute Gasteiger partial charge is 0.144 e. The van der Waals surface area contributed by atoms with Crippen molar-refractivity contribution in [1.82, 2.24) is 19.9 Å². The molecule has 5 nitrogen and oxygen atoms in total. The molecule has 0 spiro atoms. The summed E-state index contributed by atoms with van der Waals surface area (Å²) in [6.45, 7) is 2.03. The van der Waals surface area contributed by atoms with Gasteiger partial charge in [0.1, 0.15) is 22.9 Å². The lowest BCUT2D eigenvalue weighted by molar-refractivity contribution is 0.586. The number of anilines is 1. The number of aromatic amines is 1. The highest BCUT2D eigenvalue weighted by atomic mass is 35.5. The number of aromatic nitrogens is 4. The molecule has 0 bridgehead atoms. The molecule has 3 aromatic rings. The van der Waals surface area contributed by atoms with Crippen LogP contribution >= 0.6 is 11.6 Å². The number of fused-ring (bicyclic) bond motifs is 1. The SMILES string of the molecule is Clc1cc2c(N3CCC(Cc4ccncc4)C3)ncnc2[nH]1. The van der Waals surface area contributed by atoms with Crippen LogP contribution in [0.5, 0.6) is 0 Å². The molecule has 1 atom stereocenters. The zero-order valence-electron chi connectivity index (χ0n) is 12.0. The van der Waals surface area contributed by atoms with Crippen LogP contribution in [0.3, 0.4) is 0 Å². The van der Waals surface area contributed by atoms with E-state index in [0.717, 1.165) is 36.4 Å². The van der Waals surface area contributed by atoms with Crippen molar-refractivity contribution in [3.63, 3.8) is 0 Å². The standard InChI is InChI=1S/C16H16ClN5/c17-14-8-13-15(21-14)19-10-20-16(13)22-6-3-12(9-22)7-11-1-4-18-5-2-11/h1-2,4-5,8,10,12H,3,6-7,9H2,(H,19,20,21). The van der Waals surface area contributed by atoms with Crippen molar-refractivity contribution < 1.29 is 0 Å². The zero-order chi connectivity index (χ0) is 14.9. The minimum atomic E-state index is 0.601. The Hall–Kier alpha value is -2.14. The Balaban J connectivity index is 1.54. The Labute approximate surface area is 133 Å². The van der Waals surface area contributed by atoms with E-state index in [9.17, 15) is 0 Å². The van der Waals surface area contributed by atoms with Crippen LogP contribution in [0.25, 0.3) is 11.0 Å². The van der Waals surface area contributed by atoms with Crippen molar-refractivity contribution in [2.24, 2.45) is 5.92 Å². The largest absolute Gasteiger partial charge is 0.356 e. The Bertz CT molecular complexity index is 786. The summed E-state index contributed by atoms with van der Waals surface area (Å²) in [5, 5.41) is 1.60. The van der Waals surface area contributed by atoms with Gasteiger partial charge in [-0.15, -0.1) is 0 Å². The summed E-state index contributed by atoms with van der Waals surface area (Å²) in [7, 11) is 0. The monoisotopic (exact) mass is 313 g/mol. The molecule has 6 heteroatoms.